The van der Waals surface area contributed by atoms with Gasteiger partial charge in [-0.3, -0.25) is 9.59 Å². The van der Waals surface area contributed by atoms with Gasteiger partial charge in [-0.1, -0.05) is 80.8 Å². The van der Waals surface area contributed by atoms with Crippen LogP contribution in [0.1, 0.15) is 63.1 Å². The van der Waals surface area contributed by atoms with Crippen LogP contribution in [0.3, 0.4) is 0 Å². The SMILES string of the molecule is CCCCN(CCCC)CCCN1C(=O)C(=O)C(=C(O)c2ccccc2)[C@H]1c1ccc(Cl)cc1. The highest BCUT2D eigenvalue weighted by Crippen LogP contribution is 2.39. The number of hydrogen-bond acceptors (Lipinski definition) is 4. The molecule has 2 aromatic carbocycles. The Hall–Kier alpha value is -2.63. The third-order valence-corrected chi connectivity index (χ3v) is 6.55. The molecule has 0 unspecified atom stereocenters. The highest BCUT2D eigenvalue weighted by molar-refractivity contribution is 6.46. The average Bonchev–Trinajstić information content (AvgIpc) is 3.11. The number of carbonyl (C=O) groups is 2. The number of ketones is 1. The zero-order valence-corrected chi connectivity index (χ0v) is 20.9. The Labute approximate surface area is 208 Å². The Balaban J connectivity index is 1.88. The van der Waals surface area contributed by atoms with Gasteiger partial charge in [-0.25, -0.2) is 0 Å². The lowest BCUT2D eigenvalue weighted by Gasteiger charge is -2.27. The minimum atomic E-state index is -0.643. The molecule has 1 fully saturated rings. The van der Waals surface area contributed by atoms with Crippen molar-refractivity contribution in [1.29, 1.82) is 0 Å². The number of Topliss-reactive ketones (excluding diaryl/α,β-unsaturated/α-hetero) is 1. The molecule has 0 aliphatic carbocycles. The molecule has 3 rings (SSSR count). The minimum absolute atomic E-state index is 0.132. The van der Waals surface area contributed by atoms with E-state index in [1.807, 2.05) is 18.2 Å². The first-order chi connectivity index (χ1) is 16.5. The van der Waals surface area contributed by atoms with Gasteiger partial charge >= 0.3 is 0 Å². The van der Waals surface area contributed by atoms with Crippen molar-refractivity contribution in [3.8, 4) is 0 Å². The number of hydrogen-bond donors (Lipinski definition) is 1. The predicted molar refractivity (Wildman–Crippen MR) is 138 cm³/mol. The molecular weight excluding hydrogens is 448 g/mol. The number of aliphatic hydroxyl groups excluding tert-OH is 1. The van der Waals surface area contributed by atoms with Crippen LogP contribution in [0.4, 0.5) is 0 Å². The van der Waals surface area contributed by atoms with Crippen molar-refractivity contribution in [3.63, 3.8) is 0 Å². The summed E-state index contributed by atoms with van der Waals surface area (Å²) in [5, 5.41) is 11.6. The molecule has 0 aromatic heterocycles. The van der Waals surface area contributed by atoms with Crippen molar-refractivity contribution in [2.24, 2.45) is 0 Å². The second-order valence-corrected chi connectivity index (χ2v) is 9.25. The number of aliphatic hydroxyl groups is 1. The molecule has 1 N–H and O–H groups in total. The lowest BCUT2D eigenvalue weighted by atomic mass is 9.95. The van der Waals surface area contributed by atoms with E-state index in [0.717, 1.165) is 57.3 Å². The van der Waals surface area contributed by atoms with Gasteiger partial charge in [-0.05, 0) is 56.6 Å². The number of amides is 1. The van der Waals surface area contributed by atoms with E-state index in [2.05, 4.69) is 18.7 Å². The summed E-state index contributed by atoms with van der Waals surface area (Å²) >= 11 is 6.09. The van der Waals surface area contributed by atoms with E-state index in [4.69, 9.17) is 11.6 Å². The van der Waals surface area contributed by atoms with Crippen LogP contribution in [-0.2, 0) is 9.59 Å². The maximum absolute atomic E-state index is 13.1. The van der Waals surface area contributed by atoms with Crippen LogP contribution in [-0.4, -0.2) is 52.8 Å². The number of halogens is 1. The molecule has 5 nitrogen and oxygen atoms in total. The summed E-state index contributed by atoms with van der Waals surface area (Å²) in [6, 6.07) is 15.4. The summed E-state index contributed by atoms with van der Waals surface area (Å²) < 4.78 is 0. The maximum atomic E-state index is 13.1. The number of likely N-dealkylation sites (tertiary alicyclic amines) is 1. The van der Waals surface area contributed by atoms with E-state index in [1.54, 1.807) is 41.3 Å². The molecule has 182 valence electrons. The summed E-state index contributed by atoms with van der Waals surface area (Å²) in [5.74, 6) is -1.35. The fourth-order valence-electron chi connectivity index (χ4n) is 4.42. The van der Waals surface area contributed by atoms with Crippen LogP contribution < -0.4 is 0 Å². The van der Waals surface area contributed by atoms with E-state index in [0.29, 0.717) is 17.1 Å². The van der Waals surface area contributed by atoms with Crippen LogP contribution in [0.15, 0.2) is 60.2 Å². The fraction of sp³-hybridized carbons (Fsp3) is 0.429. The second kappa shape index (κ2) is 12.7. The molecule has 6 heteroatoms. The van der Waals surface area contributed by atoms with Crippen molar-refractivity contribution >= 4 is 29.1 Å². The standard InChI is InChI=1S/C28H35ClN2O3/c1-3-5-17-30(18-6-4-2)19-10-20-31-25(21-13-15-23(29)16-14-21)24(27(33)28(31)34)26(32)22-11-8-7-9-12-22/h7-9,11-16,25,32H,3-6,10,17-20H2,1-2H3/t25-/m1/s1. The van der Waals surface area contributed by atoms with Crippen LogP contribution in [0.25, 0.3) is 5.76 Å². The zero-order chi connectivity index (χ0) is 24.5. The van der Waals surface area contributed by atoms with E-state index < -0.39 is 17.7 Å². The molecule has 1 aliphatic heterocycles. The number of carbonyl (C=O) groups excluding carboxylic acids is 2. The quantitative estimate of drug-likeness (QED) is 0.227. The summed E-state index contributed by atoms with van der Waals surface area (Å²) in [6.07, 6.45) is 5.35. The summed E-state index contributed by atoms with van der Waals surface area (Å²) in [6.45, 7) is 7.79. The Kier molecular flexibility index (Phi) is 9.73. The average molecular weight is 483 g/mol. The van der Waals surface area contributed by atoms with Crippen LogP contribution in [0, 0.1) is 0 Å². The number of rotatable bonds is 12. The van der Waals surface area contributed by atoms with Gasteiger partial charge in [-0.15, -0.1) is 0 Å². The first-order valence-electron chi connectivity index (χ1n) is 12.3. The van der Waals surface area contributed by atoms with Gasteiger partial charge in [0.1, 0.15) is 5.76 Å². The van der Waals surface area contributed by atoms with Gasteiger partial charge in [0, 0.05) is 17.1 Å². The first kappa shape index (κ1) is 26.0. The van der Waals surface area contributed by atoms with Crippen LogP contribution in [0.5, 0.6) is 0 Å². The van der Waals surface area contributed by atoms with E-state index in [-0.39, 0.29) is 11.3 Å². The topological polar surface area (TPSA) is 60.9 Å². The predicted octanol–water partition coefficient (Wildman–Crippen LogP) is 6.05. The number of benzene rings is 2. The highest BCUT2D eigenvalue weighted by atomic mass is 35.5. The van der Waals surface area contributed by atoms with Gasteiger partial charge in [0.15, 0.2) is 0 Å². The summed E-state index contributed by atoms with van der Waals surface area (Å²) in [4.78, 5) is 30.3. The van der Waals surface area contributed by atoms with Crippen LogP contribution >= 0.6 is 11.6 Å². The van der Waals surface area contributed by atoms with Gasteiger partial charge < -0.3 is 14.9 Å². The van der Waals surface area contributed by atoms with Gasteiger partial charge in [0.2, 0.25) is 0 Å². The first-order valence-corrected chi connectivity index (χ1v) is 12.7. The Morgan fingerprint density at radius 2 is 1.50 bits per heavy atom. The molecule has 2 aromatic rings. The zero-order valence-electron chi connectivity index (χ0n) is 20.2. The summed E-state index contributed by atoms with van der Waals surface area (Å²) in [5.41, 5.74) is 1.41. The van der Waals surface area contributed by atoms with Crippen molar-refractivity contribution in [1.82, 2.24) is 9.80 Å². The van der Waals surface area contributed by atoms with E-state index >= 15 is 0 Å². The van der Waals surface area contributed by atoms with Gasteiger partial charge in [-0.2, -0.15) is 0 Å². The summed E-state index contributed by atoms with van der Waals surface area (Å²) in [7, 11) is 0. The smallest absolute Gasteiger partial charge is 0.295 e. The minimum Gasteiger partial charge on any atom is -0.507 e. The number of nitrogens with zero attached hydrogens (tertiary/aromatic N) is 2. The monoisotopic (exact) mass is 482 g/mol. The molecule has 1 aliphatic rings. The van der Waals surface area contributed by atoms with E-state index in [9.17, 15) is 14.7 Å². The Morgan fingerprint density at radius 1 is 0.912 bits per heavy atom. The van der Waals surface area contributed by atoms with E-state index in [1.165, 1.54) is 0 Å². The molecule has 0 saturated carbocycles. The third-order valence-electron chi connectivity index (χ3n) is 6.30. The molecule has 0 bridgehead atoms. The molecule has 0 radical (unpaired) electrons. The van der Waals surface area contributed by atoms with Crippen molar-refractivity contribution < 1.29 is 14.7 Å². The second-order valence-electron chi connectivity index (χ2n) is 8.81. The molecule has 1 saturated heterocycles. The largest absolute Gasteiger partial charge is 0.507 e. The molecule has 1 amide bonds. The van der Waals surface area contributed by atoms with Gasteiger partial charge in [0.05, 0.1) is 11.6 Å². The van der Waals surface area contributed by atoms with Gasteiger partial charge in [0.25, 0.3) is 11.7 Å². The Morgan fingerprint density at radius 3 is 2.09 bits per heavy atom. The lowest BCUT2D eigenvalue weighted by molar-refractivity contribution is -0.140. The number of unbranched alkanes of at least 4 members (excludes halogenated alkanes) is 2. The third kappa shape index (κ3) is 6.28. The van der Waals surface area contributed by atoms with Crippen molar-refractivity contribution in [2.45, 2.75) is 52.0 Å². The molecule has 0 spiro atoms. The highest BCUT2D eigenvalue weighted by Gasteiger charge is 2.45. The maximum Gasteiger partial charge on any atom is 0.295 e. The molecule has 34 heavy (non-hydrogen) atoms. The molecular formula is C28H35ClN2O3. The molecule has 1 atom stereocenters. The van der Waals surface area contributed by atoms with Crippen molar-refractivity contribution in [2.75, 3.05) is 26.2 Å². The lowest BCUT2D eigenvalue weighted by Crippen LogP contribution is -2.34. The fourth-order valence-corrected chi connectivity index (χ4v) is 4.54. The van der Waals surface area contributed by atoms with Crippen LogP contribution in [0.2, 0.25) is 5.02 Å². The Bertz CT molecular complexity index is 980. The normalized spacial score (nSPS) is 17.6. The molecule has 1 heterocycles. The van der Waals surface area contributed by atoms with Crippen molar-refractivity contribution in [3.05, 3.63) is 76.3 Å².